The predicted octanol–water partition coefficient (Wildman–Crippen LogP) is 0.427. The van der Waals surface area contributed by atoms with E-state index in [-0.39, 0.29) is 17.6 Å². The molecule has 1 saturated heterocycles. The van der Waals surface area contributed by atoms with Crippen molar-refractivity contribution in [3.05, 3.63) is 0 Å². The Morgan fingerprint density at radius 1 is 1.64 bits per heavy atom. The normalized spacial score (nSPS) is 45.8. The molecule has 0 radical (unpaired) electrons. The van der Waals surface area contributed by atoms with Crippen LogP contribution < -0.4 is 0 Å². The van der Waals surface area contributed by atoms with Crippen LogP contribution in [0.5, 0.6) is 0 Å². The van der Waals surface area contributed by atoms with Crippen LogP contribution in [0, 0.1) is 0 Å². The zero-order valence-corrected chi connectivity index (χ0v) is 7.62. The lowest BCUT2D eigenvalue weighted by Crippen LogP contribution is -2.44. The lowest BCUT2D eigenvalue weighted by atomic mass is 10.1. The van der Waals surface area contributed by atoms with Gasteiger partial charge in [0, 0.05) is 18.8 Å². The Balaban J connectivity index is 2.47. The molecule has 0 bridgehead atoms. The Kier molecular flexibility index (Phi) is 3.18. The predicted molar refractivity (Wildman–Crippen MR) is 44.7 cm³/mol. The largest absolute Gasteiger partial charge is 0.389 e. The summed E-state index contributed by atoms with van der Waals surface area (Å²) in [5.41, 5.74) is 0. The zero-order chi connectivity index (χ0) is 8.43. The first-order valence-electron chi connectivity index (χ1n) is 3.69. The lowest BCUT2D eigenvalue weighted by Gasteiger charge is -2.34. The van der Waals surface area contributed by atoms with Crippen molar-refractivity contribution in [2.45, 2.75) is 37.1 Å². The van der Waals surface area contributed by atoms with Crippen LogP contribution >= 0.6 is 12.6 Å². The second-order valence-electron chi connectivity index (χ2n) is 2.80. The first-order valence-corrected chi connectivity index (χ1v) is 4.21. The van der Waals surface area contributed by atoms with E-state index in [1.807, 2.05) is 6.92 Å². The molecular formula is C7H14O3S. The highest BCUT2D eigenvalue weighted by molar-refractivity contribution is 7.81. The molecule has 0 aromatic heterocycles. The summed E-state index contributed by atoms with van der Waals surface area (Å²) < 4.78 is 10.3. The zero-order valence-electron chi connectivity index (χ0n) is 6.73. The number of aliphatic hydroxyl groups excluding tert-OH is 1. The molecule has 0 amide bonds. The Bertz CT molecular complexity index is 119. The van der Waals surface area contributed by atoms with Crippen molar-refractivity contribution in [1.29, 1.82) is 0 Å². The van der Waals surface area contributed by atoms with Gasteiger partial charge in [-0.1, -0.05) is 0 Å². The number of hydrogen-bond acceptors (Lipinski definition) is 4. The van der Waals surface area contributed by atoms with Gasteiger partial charge in [-0.05, 0) is 6.92 Å². The molecule has 0 spiro atoms. The van der Waals surface area contributed by atoms with Gasteiger partial charge in [-0.25, -0.2) is 0 Å². The van der Waals surface area contributed by atoms with Crippen molar-refractivity contribution in [1.82, 2.24) is 0 Å². The van der Waals surface area contributed by atoms with E-state index in [0.717, 1.165) is 0 Å². The van der Waals surface area contributed by atoms with E-state index in [1.54, 1.807) is 7.11 Å². The third-order valence-corrected chi connectivity index (χ3v) is 2.45. The summed E-state index contributed by atoms with van der Waals surface area (Å²) in [5.74, 6) is 0. The molecule has 0 aromatic rings. The molecule has 0 saturated carbocycles. The van der Waals surface area contributed by atoms with Crippen LogP contribution in [0.25, 0.3) is 0 Å². The van der Waals surface area contributed by atoms with Gasteiger partial charge < -0.3 is 14.6 Å². The maximum Gasteiger partial charge on any atom is 0.158 e. The number of methoxy groups -OCH3 is 1. The summed E-state index contributed by atoms with van der Waals surface area (Å²) in [6, 6.07) is 0. The summed E-state index contributed by atoms with van der Waals surface area (Å²) in [6.45, 7) is 1.82. The summed E-state index contributed by atoms with van der Waals surface area (Å²) in [5, 5.41) is 9.36. The Hall–Kier alpha value is 0.230. The van der Waals surface area contributed by atoms with Crippen LogP contribution in [0.1, 0.15) is 13.3 Å². The molecule has 3 nitrogen and oxygen atoms in total. The monoisotopic (exact) mass is 178 g/mol. The van der Waals surface area contributed by atoms with Crippen molar-refractivity contribution in [2.75, 3.05) is 7.11 Å². The smallest absolute Gasteiger partial charge is 0.158 e. The highest BCUT2D eigenvalue weighted by Crippen LogP contribution is 2.23. The third-order valence-electron chi connectivity index (χ3n) is 1.94. The molecule has 66 valence electrons. The van der Waals surface area contributed by atoms with Crippen molar-refractivity contribution >= 4 is 12.6 Å². The van der Waals surface area contributed by atoms with Crippen molar-refractivity contribution < 1.29 is 14.6 Å². The van der Waals surface area contributed by atoms with Gasteiger partial charge in [-0.3, -0.25) is 0 Å². The molecule has 11 heavy (non-hydrogen) atoms. The molecule has 1 heterocycles. The van der Waals surface area contributed by atoms with E-state index in [0.29, 0.717) is 6.42 Å². The minimum Gasteiger partial charge on any atom is -0.389 e. The SMILES string of the molecule is COC1CC(S)C(O)C(C)O1. The maximum atomic E-state index is 9.40. The summed E-state index contributed by atoms with van der Waals surface area (Å²) >= 11 is 4.22. The number of aliphatic hydroxyl groups is 1. The molecule has 1 fully saturated rings. The van der Waals surface area contributed by atoms with Crippen molar-refractivity contribution in [3.63, 3.8) is 0 Å². The molecule has 1 aliphatic heterocycles. The molecule has 0 aliphatic carbocycles. The average Bonchev–Trinajstić information content (AvgIpc) is 1.99. The van der Waals surface area contributed by atoms with Gasteiger partial charge in [-0.2, -0.15) is 12.6 Å². The fourth-order valence-electron chi connectivity index (χ4n) is 1.18. The Morgan fingerprint density at radius 2 is 2.27 bits per heavy atom. The number of ether oxygens (including phenoxy) is 2. The van der Waals surface area contributed by atoms with E-state index in [1.165, 1.54) is 0 Å². The maximum absolute atomic E-state index is 9.40. The molecule has 1 rings (SSSR count). The van der Waals surface area contributed by atoms with E-state index in [2.05, 4.69) is 12.6 Å². The van der Waals surface area contributed by atoms with Crippen molar-refractivity contribution in [2.24, 2.45) is 0 Å². The van der Waals surface area contributed by atoms with Crippen LogP contribution in [0.3, 0.4) is 0 Å². The highest BCUT2D eigenvalue weighted by atomic mass is 32.1. The van der Waals surface area contributed by atoms with E-state index >= 15 is 0 Å². The topological polar surface area (TPSA) is 38.7 Å². The van der Waals surface area contributed by atoms with Crippen LogP contribution in [0.15, 0.2) is 0 Å². The minimum absolute atomic E-state index is 0.0382. The van der Waals surface area contributed by atoms with Gasteiger partial charge in [0.25, 0.3) is 0 Å². The fourth-order valence-corrected chi connectivity index (χ4v) is 1.59. The van der Waals surface area contributed by atoms with Gasteiger partial charge in [0.1, 0.15) is 0 Å². The number of rotatable bonds is 1. The van der Waals surface area contributed by atoms with E-state index in [4.69, 9.17) is 9.47 Å². The number of thiol groups is 1. The molecule has 4 heteroatoms. The summed E-state index contributed by atoms with van der Waals surface area (Å²) in [6.07, 6.45) is -0.234. The molecule has 1 N–H and O–H groups in total. The van der Waals surface area contributed by atoms with Gasteiger partial charge in [0.2, 0.25) is 0 Å². The van der Waals surface area contributed by atoms with Crippen LogP contribution in [0.2, 0.25) is 0 Å². The molecule has 4 atom stereocenters. The van der Waals surface area contributed by atoms with Gasteiger partial charge in [-0.15, -0.1) is 0 Å². The van der Waals surface area contributed by atoms with Crippen LogP contribution in [0.4, 0.5) is 0 Å². The molecule has 1 aliphatic rings. The Labute approximate surface area is 72.1 Å². The second kappa shape index (κ2) is 3.76. The van der Waals surface area contributed by atoms with E-state index in [9.17, 15) is 5.11 Å². The molecule has 0 aromatic carbocycles. The second-order valence-corrected chi connectivity index (χ2v) is 3.46. The summed E-state index contributed by atoms with van der Waals surface area (Å²) in [4.78, 5) is 0. The van der Waals surface area contributed by atoms with Crippen LogP contribution in [-0.4, -0.2) is 36.0 Å². The molecule has 4 unspecified atom stereocenters. The van der Waals surface area contributed by atoms with Gasteiger partial charge in [0.05, 0.1) is 12.2 Å². The standard InChI is InChI=1S/C7H14O3S/c1-4-7(8)5(11)3-6(9-2)10-4/h4-8,11H,3H2,1-2H3. The minimum atomic E-state index is -0.482. The van der Waals surface area contributed by atoms with Gasteiger partial charge in [0.15, 0.2) is 6.29 Å². The quantitative estimate of drug-likeness (QED) is 0.572. The van der Waals surface area contributed by atoms with Crippen molar-refractivity contribution in [3.8, 4) is 0 Å². The lowest BCUT2D eigenvalue weighted by molar-refractivity contribution is -0.203. The first-order chi connectivity index (χ1) is 5.15. The number of hydrogen-bond donors (Lipinski definition) is 2. The van der Waals surface area contributed by atoms with E-state index < -0.39 is 6.10 Å². The fraction of sp³-hybridized carbons (Fsp3) is 1.00. The highest BCUT2D eigenvalue weighted by Gasteiger charge is 2.32. The first kappa shape index (κ1) is 9.32. The average molecular weight is 178 g/mol. The van der Waals surface area contributed by atoms with Crippen LogP contribution in [-0.2, 0) is 9.47 Å². The summed E-state index contributed by atoms with van der Waals surface area (Å²) in [7, 11) is 1.59. The molecular weight excluding hydrogens is 164 g/mol. The van der Waals surface area contributed by atoms with Gasteiger partial charge >= 0.3 is 0 Å². The Morgan fingerprint density at radius 3 is 2.73 bits per heavy atom. The third kappa shape index (κ3) is 2.08.